The van der Waals surface area contributed by atoms with Gasteiger partial charge in [0.1, 0.15) is 0 Å². The summed E-state index contributed by atoms with van der Waals surface area (Å²) in [7, 11) is 0. The van der Waals surface area contributed by atoms with Gasteiger partial charge in [0.15, 0.2) is 0 Å². The maximum absolute atomic E-state index is 6.08. The second kappa shape index (κ2) is 6.28. The highest BCUT2D eigenvalue weighted by Gasteiger charge is 2.28. The molecule has 1 aromatic rings. The van der Waals surface area contributed by atoms with E-state index >= 15 is 0 Å². The van der Waals surface area contributed by atoms with E-state index in [0.29, 0.717) is 12.0 Å². The molecule has 110 valence electrons. The average molecular weight is 273 g/mol. The first kappa shape index (κ1) is 14.1. The third kappa shape index (κ3) is 3.42. The molecule has 1 saturated heterocycles. The van der Waals surface area contributed by atoms with Gasteiger partial charge in [-0.1, -0.05) is 38.1 Å². The van der Waals surface area contributed by atoms with Gasteiger partial charge in [-0.15, -0.1) is 0 Å². The number of rotatable bonds is 5. The molecular weight excluding hydrogens is 246 g/mol. The molecule has 1 aliphatic heterocycles. The first-order valence-corrected chi connectivity index (χ1v) is 8.19. The van der Waals surface area contributed by atoms with Gasteiger partial charge in [0.05, 0.1) is 6.10 Å². The van der Waals surface area contributed by atoms with Gasteiger partial charge in [0.2, 0.25) is 0 Å². The smallest absolute Gasteiger partial charge is 0.0865 e. The molecule has 2 heteroatoms. The molecule has 1 aromatic carbocycles. The zero-order valence-corrected chi connectivity index (χ0v) is 12.8. The minimum Gasteiger partial charge on any atom is -0.373 e. The van der Waals surface area contributed by atoms with Crippen LogP contribution in [0.1, 0.15) is 62.7 Å². The fourth-order valence-electron chi connectivity index (χ4n) is 3.18. The Morgan fingerprint density at radius 3 is 2.45 bits per heavy atom. The Bertz CT molecular complexity index is 422. The van der Waals surface area contributed by atoms with Crippen LogP contribution in [0.5, 0.6) is 0 Å². The van der Waals surface area contributed by atoms with Crippen molar-refractivity contribution in [2.75, 3.05) is 13.2 Å². The number of benzene rings is 1. The van der Waals surface area contributed by atoms with Gasteiger partial charge in [-0.05, 0) is 42.7 Å². The van der Waals surface area contributed by atoms with E-state index in [4.69, 9.17) is 4.74 Å². The van der Waals surface area contributed by atoms with Crippen molar-refractivity contribution in [2.24, 2.45) is 5.92 Å². The number of nitrogens with one attached hydrogen (secondary N) is 1. The van der Waals surface area contributed by atoms with Crippen molar-refractivity contribution in [3.63, 3.8) is 0 Å². The van der Waals surface area contributed by atoms with E-state index < -0.39 is 0 Å². The quantitative estimate of drug-likeness (QED) is 0.874. The number of hydrogen-bond donors (Lipinski definition) is 1. The highest BCUT2D eigenvalue weighted by molar-refractivity contribution is 5.29. The maximum Gasteiger partial charge on any atom is 0.0865 e. The van der Waals surface area contributed by atoms with E-state index in [2.05, 4.69) is 43.4 Å². The predicted octanol–water partition coefficient (Wildman–Crippen LogP) is 4.03. The number of ether oxygens (including phenoxy) is 1. The summed E-state index contributed by atoms with van der Waals surface area (Å²) in [5.41, 5.74) is 2.88. The summed E-state index contributed by atoms with van der Waals surface area (Å²) in [5, 5.41) is 3.57. The SMILES string of the molecule is CC(C)NCC1CCCOC1c1ccc(C2CC2)cc1. The van der Waals surface area contributed by atoms with Crippen molar-refractivity contribution in [3.05, 3.63) is 35.4 Å². The second-order valence-electron chi connectivity index (χ2n) is 6.70. The molecule has 2 atom stereocenters. The summed E-state index contributed by atoms with van der Waals surface area (Å²) in [4.78, 5) is 0. The molecule has 1 heterocycles. The molecule has 0 bridgehead atoms. The van der Waals surface area contributed by atoms with E-state index in [1.54, 1.807) is 0 Å². The third-order valence-corrected chi connectivity index (χ3v) is 4.55. The minimum absolute atomic E-state index is 0.281. The van der Waals surface area contributed by atoms with Crippen LogP contribution in [-0.4, -0.2) is 19.2 Å². The van der Waals surface area contributed by atoms with E-state index in [1.165, 1.54) is 36.8 Å². The lowest BCUT2D eigenvalue weighted by Gasteiger charge is -2.33. The van der Waals surface area contributed by atoms with E-state index in [-0.39, 0.29) is 6.10 Å². The summed E-state index contributed by atoms with van der Waals surface area (Å²) >= 11 is 0. The van der Waals surface area contributed by atoms with Crippen molar-refractivity contribution >= 4 is 0 Å². The highest BCUT2D eigenvalue weighted by Crippen LogP contribution is 2.41. The molecule has 2 unspecified atom stereocenters. The van der Waals surface area contributed by atoms with Gasteiger partial charge >= 0.3 is 0 Å². The zero-order chi connectivity index (χ0) is 13.9. The molecule has 3 rings (SSSR count). The van der Waals surface area contributed by atoms with Gasteiger partial charge in [-0.3, -0.25) is 0 Å². The van der Waals surface area contributed by atoms with Crippen molar-refractivity contribution < 1.29 is 4.74 Å². The zero-order valence-electron chi connectivity index (χ0n) is 12.8. The molecule has 0 spiro atoms. The van der Waals surface area contributed by atoms with Gasteiger partial charge in [-0.2, -0.15) is 0 Å². The predicted molar refractivity (Wildman–Crippen MR) is 83.0 cm³/mol. The molecule has 0 aromatic heterocycles. The molecule has 0 radical (unpaired) electrons. The van der Waals surface area contributed by atoms with Crippen LogP contribution in [0.4, 0.5) is 0 Å². The van der Waals surface area contributed by atoms with Crippen molar-refractivity contribution in [3.8, 4) is 0 Å². The number of hydrogen-bond acceptors (Lipinski definition) is 2. The van der Waals surface area contributed by atoms with Crippen LogP contribution in [0, 0.1) is 5.92 Å². The molecule has 2 nitrogen and oxygen atoms in total. The first-order chi connectivity index (χ1) is 9.74. The Kier molecular flexibility index (Phi) is 4.42. The lowest BCUT2D eigenvalue weighted by atomic mass is 9.88. The largest absolute Gasteiger partial charge is 0.373 e. The Morgan fingerprint density at radius 1 is 1.10 bits per heavy atom. The van der Waals surface area contributed by atoms with Crippen LogP contribution in [0.2, 0.25) is 0 Å². The topological polar surface area (TPSA) is 21.3 Å². The monoisotopic (exact) mass is 273 g/mol. The summed E-state index contributed by atoms with van der Waals surface area (Å²) in [6, 6.07) is 9.78. The van der Waals surface area contributed by atoms with Gasteiger partial charge < -0.3 is 10.1 Å². The summed E-state index contributed by atoms with van der Waals surface area (Å²) in [5.74, 6) is 1.45. The Labute approximate surface area is 122 Å². The van der Waals surface area contributed by atoms with Crippen LogP contribution < -0.4 is 5.32 Å². The molecule has 0 amide bonds. The molecule has 1 saturated carbocycles. The molecule has 20 heavy (non-hydrogen) atoms. The molecule has 1 N–H and O–H groups in total. The summed E-state index contributed by atoms with van der Waals surface area (Å²) in [6.07, 6.45) is 5.50. The summed E-state index contributed by atoms with van der Waals surface area (Å²) in [6.45, 7) is 6.40. The normalized spacial score (nSPS) is 26.9. The van der Waals surface area contributed by atoms with Crippen molar-refractivity contribution in [1.82, 2.24) is 5.32 Å². The fraction of sp³-hybridized carbons (Fsp3) is 0.667. The van der Waals surface area contributed by atoms with Crippen molar-refractivity contribution in [1.29, 1.82) is 0 Å². The highest BCUT2D eigenvalue weighted by atomic mass is 16.5. The fourth-order valence-corrected chi connectivity index (χ4v) is 3.18. The van der Waals surface area contributed by atoms with Crippen LogP contribution in [0.15, 0.2) is 24.3 Å². The molecule has 2 aliphatic rings. The molecular formula is C18H27NO. The minimum atomic E-state index is 0.281. The lowest BCUT2D eigenvalue weighted by molar-refractivity contribution is -0.0282. The van der Waals surface area contributed by atoms with Gasteiger partial charge in [0, 0.05) is 25.1 Å². The Morgan fingerprint density at radius 2 is 1.80 bits per heavy atom. The second-order valence-corrected chi connectivity index (χ2v) is 6.70. The van der Waals surface area contributed by atoms with Gasteiger partial charge in [-0.25, -0.2) is 0 Å². The van der Waals surface area contributed by atoms with Gasteiger partial charge in [0.25, 0.3) is 0 Å². The molecule has 1 aliphatic carbocycles. The Hall–Kier alpha value is -0.860. The third-order valence-electron chi connectivity index (χ3n) is 4.55. The first-order valence-electron chi connectivity index (χ1n) is 8.19. The molecule has 2 fully saturated rings. The summed E-state index contributed by atoms with van der Waals surface area (Å²) < 4.78 is 6.08. The van der Waals surface area contributed by atoms with E-state index in [0.717, 1.165) is 19.1 Å². The van der Waals surface area contributed by atoms with E-state index in [1.807, 2.05) is 0 Å². The van der Waals surface area contributed by atoms with Crippen molar-refractivity contribution in [2.45, 2.75) is 57.6 Å². The van der Waals surface area contributed by atoms with Crippen LogP contribution >= 0.6 is 0 Å². The van der Waals surface area contributed by atoms with Crippen LogP contribution in [0.25, 0.3) is 0 Å². The average Bonchev–Trinajstić information content (AvgIpc) is 3.30. The maximum atomic E-state index is 6.08. The van der Waals surface area contributed by atoms with Crippen LogP contribution in [-0.2, 0) is 4.74 Å². The Balaban J connectivity index is 1.67. The van der Waals surface area contributed by atoms with Crippen LogP contribution in [0.3, 0.4) is 0 Å². The standard InChI is InChI=1S/C18H27NO/c1-13(2)19-12-17-4-3-11-20-18(17)16-9-7-15(8-10-16)14-5-6-14/h7-10,13-14,17-19H,3-6,11-12H2,1-2H3. The van der Waals surface area contributed by atoms with E-state index in [9.17, 15) is 0 Å². The lowest BCUT2D eigenvalue weighted by Crippen LogP contribution is -2.35.